The van der Waals surface area contributed by atoms with Gasteiger partial charge in [-0.05, 0) is 30.7 Å². The molecule has 0 spiro atoms. The zero-order valence-electron chi connectivity index (χ0n) is 12.9. The molecule has 0 saturated heterocycles. The number of hydrogen-bond acceptors (Lipinski definition) is 3. The molecule has 1 N–H and O–H groups in total. The smallest absolute Gasteiger partial charge is 0.220 e. The van der Waals surface area contributed by atoms with Crippen LogP contribution in [0.3, 0.4) is 0 Å². The van der Waals surface area contributed by atoms with E-state index in [1.807, 2.05) is 12.1 Å². The van der Waals surface area contributed by atoms with E-state index in [4.69, 9.17) is 27.9 Å². The minimum Gasteiger partial charge on any atom is -0.492 e. The van der Waals surface area contributed by atoms with Crippen LogP contribution < -0.4 is 10.1 Å². The van der Waals surface area contributed by atoms with Gasteiger partial charge in [-0.25, -0.2) is 0 Å². The number of ether oxygens (including phenoxy) is 1. The summed E-state index contributed by atoms with van der Waals surface area (Å²) in [6, 6.07) is 13.8. The molecule has 2 aromatic carbocycles. The monoisotopic (exact) mass is 365 g/mol. The van der Waals surface area contributed by atoms with E-state index in [0.29, 0.717) is 34.4 Å². The van der Waals surface area contributed by atoms with E-state index in [9.17, 15) is 9.59 Å². The first-order chi connectivity index (χ1) is 11.6. The van der Waals surface area contributed by atoms with Crippen molar-refractivity contribution in [2.24, 2.45) is 0 Å². The molecule has 6 heteroatoms. The summed E-state index contributed by atoms with van der Waals surface area (Å²) < 4.78 is 5.50. The summed E-state index contributed by atoms with van der Waals surface area (Å²) in [5, 5.41) is 3.62. The van der Waals surface area contributed by atoms with Crippen LogP contribution in [-0.2, 0) is 4.79 Å². The van der Waals surface area contributed by atoms with Crippen LogP contribution in [0.5, 0.6) is 5.75 Å². The summed E-state index contributed by atoms with van der Waals surface area (Å²) >= 11 is 11.8. The van der Waals surface area contributed by atoms with Crippen molar-refractivity contribution >= 4 is 34.9 Å². The van der Waals surface area contributed by atoms with Gasteiger partial charge in [-0.15, -0.1) is 0 Å². The normalized spacial score (nSPS) is 10.2. The van der Waals surface area contributed by atoms with Gasteiger partial charge in [0, 0.05) is 17.0 Å². The Bertz CT molecular complexity index is 719. The largest absolute Gasteiger partial charge is 0.492 e. The second-order valence-corrected chi connectivity index (χ2v) is 5.94. The van der Waals surface area contributed by atoms with Gasteiger partial charge in [-0.3, -0.25) is 9.59 Å². The van der Waals surface area contributed by atoms with Gasteiger partial charge in [0.25, 0.3) is 0 Å². The molecule has 24 heavy (non-hydrogen) atoms. The lowest BCUT2D eigenvalue weighted by Crippen LogP contribution is -2.29. The van der Waals surface area contributed by atoms with Crippen molar-refractivity contribution in [3.8, 4) is 5.75 Å². The number of rotatable bonds is 8. The Morgan fingerprint density at radius 2 is 1.83 bits per heavy atom. The highest BCUT2D eigenvalue weighted by atomic mass is 35.5. The van der Waals surface area contributed by atoms with E-state index in [1.165, 1.54) is 0 Å². The molecule has 0 fully saturated rings. The Morgan fingerprint density at radius 1 is 1.04 bits per heavy atom. The molecule has 0 aliphatic carbocycles. The van der Waals surface area contributed by atoms with Crippen molar-refractivity contribution in [1.29, 1.82) is 0 Å². The number of hydrogen-bond donors (Lipinski definition) is 1. The quantitative estimate of drug-likeness (QED) is 0.564. The molecule has 4 nitrogen and oxygen atoms in total. The van der Waals surface area contributed by atoms with Gasteiger partial charge in [-0.1, -0.05) is 47.5 Å². The standard InChI is InChI=1S/C18H17Cl2NO3/c19-14-6-3-5-13(11-14)16(22)12-21-18(23)9-4-10-24-17-8-2-1-7-15(17)20/h1-3,5-8,11H,4,9-10,12H2,(H,21,23). The predicted molar refractivity (Wildman–Crippen MR) is 95.0 cm³/mol. The zero-order chi connectivity index (χ0) is 17.4. The molecule has 2 aromatic rings. The summed E-state index contributed by atoms with van der Waals surface area (Å²) in [7, 11) is 0. The molecule has 0 atom stereocenters. The van der Waals surface area contributed by atoms with Crippen LogP contribution in [0.15, 0.2) is 48.5 Å². The lowest BCUT2D eigenvalue weighted by atomic mass is 10.1. The second-order valence-electron chi connectivity index (χ2n) is 5.09. The van der Waals surface area contributed by atoms with Crippen molar-refractivity contribution < 1.29 is 14.3 Å². The maximum atomic E-state index is 11.9. The number of carbonyl (C=O) groups excluding carboxylic acids is 2. The fourth-order valence-electron chi connectivity index (χ4n) is 2.01. The average molecular weight is 366 g/mol. The third-order valence-electron chi connectivity index (χ3n) is 3.24. The van der Waals surface area contributed by atoms with Gasteiger partial charge in [0.1, 0.15) is 5.75 Å². The maximum absolute atomic E-state index is 11.9. The topological polar surface area (TPSA) is 55.4 Å². The Kier molecular flexibility index (Phi) is 7.09. The molecule has 0 saturated carbocycles. The van der Waals surface area contributed by atoms with Gasteiger partial charge < -0.3 is 10.1 Å². The van der Waals surface area contributed by atoms with Crippen molar-refractivity contribution in [1.82, 2.24) is 5.32 Å². The van der Waals surface area contributed by atoms with Crippen LogP contribution in [-0.4, -0.2) is 24.8 Å². The average Bonchev–Trinajstić information content (AvgIpc) is 2.58. The van der Waals surface area contributed by atoms with E-state index in [2.05, 4.69) is 5.32 Å². The number of Topliss-reactive ketones (excluding diaryl/α,β-unsaturated/α-hetero) is 1. The predicted octanol–water partition coefficient (Wildman–Crippen LogP) is 4.15. The molecular weight excluding hydrogens is 349 g/mol. The summed E-state index contributed by atoms with van der Waals surface area (Å²) in [6.07, 6.45) is 0.801. The van der Waals surface area contributed by atoms with Crippen LogP contribution in [0.4, 0.5) is 0 Å². The van der Waals surface area contributed by atoms with E-state index < -0.39 is 0 Å². The fraction of sp³-hybridized carbons (Fsp3) is 0.222. The Balaban J connectivity index is 1.66. The number of carbonyl (C=O) groups is 2. The number of para-hydroxylation sites is 1. The highest BCUT2D eigenvalue weighted by Gasteiger charge is 2.09. The number of halogens is 2. The lowest BCUT2D eigenvalue weighted by Gasteiger charge is -2.08. The summed E-state index contributed by atoms with van der Waals surface area (Å²) in [5.74, 6) is 0.210. The van der Waals surface area contributed by atoms with Crippen molar-refractivity contribution in [2.45, 2.75) is 12.8 Å². The number of benzene rings is 2. The molecule has 0 heterocycles. The van der Waals surface area contributed by atoms with Crippen LogP contribution in [0.2, 0.25) is 10.0 Å². The molecule has 0 radical (unpaired) electrons. The molecule has 0 unspecified atom stereocenters. The molecule has 0 bridgehead atoms. The fourth-order valence-corrected chi connectivity index (χ4v) is 2.39. The maximum Gasteiger partial charge on any atom is 0.220 e. The Labute approximate surface area is 150 Å². The van der Waals surface area contributed by atoms with Gasteiger partial charge in [0.2, 0.25) is 5.91 Å². The van der Waals surface area contributed by atoms with Crippen LogP contribution in [0.25, 0.3) is 0 Å². The third kappa shape index (κ3) is 5.87. The van der Waals surface area contributed by atoms with E-state index in [-0.39, 0.29) is 24.7 Å². The van der Waals surface area contributed by atoms with Crippen LogP contribution in [0, 0.1) is 0 Å². The highest BCUT2D eigenvalue weighted by Crippen LogP contribution is 2.23. The van der Waals surface area contributed by atoms with Gasteiger partial charge in [0.05, 0.1) is 18.2 Å². The number of nitrogens with one attached hydrogen (secondary N) is 1. The molecule has 0 aromatic heterocycles. The highest BCUT2D eigenvalue weighted by molar-refractivity contribution is 6.32. The first-order valence-corrected chi connectivity index (χ1v) is 8.24. The molecule has 126 valence electrons. The summed E-state index contributed by atoms with van der Waals surface area (Å²) in [6.45, 7) is 0.323. The zero-order valence-corrected chi connectivity index (χ0v) is 14.4. The van der Waals surface area contributed by atoms with E-state index in [1.54, 1.807) is 36.4 Å². The molecule has 0 aliphatic rings. The lowest BCUT2D eigenvalue weighted by molar-refractivity contribution is -0.121. The molecule has 2 rings (SSSR count). The second kappa shape index (κ2) is 9.30. The Hall–Kier alpha value is -2.04. The first-order valence-electron chi connectivity index (χ1n) is 7.49. The van der Waals surface area contributed by atoms with Gasteiger partial charge in [0.15, 0.2) is 5.78 Å². The van der Waals surface area contributed by atoms with E-state index in [0.717, 1.165) is 0 Å². The number of ketones is 1. The molecule has 0 aliphatic heterocycles. The van der Waals surface area contributed by atoms with Gasteiger partial charge in [-0.2, -0.15) is 0 Å². The minimum atomic E-state index is -0.201. The minimum absolute atomic E-state index is 0.0510. The third-order valence-corrected chi connectivity index (χ3v) is 3.78. The van der Waals surface area contributed by atoms with Crippen molar-refractivity contribution in [2.75, 3.05) is 13.2 Å². The summed E-state index contributed by atoms with van der Waals surface area (Å²) in [5.41, 5.74) is 0.477. The SMILES string of the molecule is O=C(CCCOc1ccccc1Cl)NCC(=O)c1cccc(Cl)c1. The summed E-state index contributed by atoms with van der Waals surface area (Å²) in [4.78, 5) is 23.7. The Morgan fingerprint density at radius 3 is 2.58 bits per heavy atom. The van der Waals surface area contributed by atoms with Crippen molar-refractivity contribution in [3.05, 3.63) is 64.1 Å². The van der Waals surface area contributed by atoms with Gasteiger partial charge >= 0.3 is 0 Å². The molecular formula is C18H17Cl2NO3. The van der Waals surface area contributed by atoms with E-state index >= 15 is 0 Å². The van der Waals surface area contributed by atoms with Crippen LogP contribution >= 0.6 is 23.2 Å². The number of amides is 1. The van der Waals surface area contributed by atoms with Crippen molar-refractivity contribution in [3.63, 3.8) is 0 Å². The molecule has 1 amide bonds. The first kappa shape index (κ1) is 18.3. The van der Waals surface area contributed by atoms with Crippen LogP contribution in [0.1, 0.15) is 23.2 Å².